The van der Waals surface area contributed by atoms with E-state index >= 15 is 0 Å². The van der Waals surface area contributed by atoms with Crippen LogP contribution in [-0.4, -0.2) is 34.6 Å². The molecule has 0 spiro atoms. The summed E-state index contributed by atoms with van der Waals surface area (Å²) in [6.07, 6.45) is 0.325. The second-order valence-corrected chi connectivity index (χ2v) is 7.83. The first-order valence-electron chi connectivity index (χ1n) is 9.31. The molecule has 1 aliphatic heterocycles. The molecule has 1 amide bonds. The van der Waals surface area contributed by atoms with Crippen molar-refractivity contribution >= 4 is 28.2 Å². The third-order valence-corrected chi connectivity index (χ3v) is 5.81. The molecule has 3 aromatic heterocycles. The minimum atomic E-state index is -5.02. The normalized spacial score (nSPS) is 19.2. The van der Waals surface area contributed by atoms with Gasteiger partial charge in [-0.05, 0) is 37.1 Å². The van der Waals surface area contributed by atoms with Crippen molar-refractivity contribution in [3.63, 3.8) is 0 Å². The van der Waals surface area contributed by atoms with Crippen molar-refractivity contribution in [2.45, 2.75) is 25.2 Å². The topological polar surface area (TPSA) is 85.5 Å². The summed E-state index contributed by atoms with van der Waals surface area (Å²) in [4.78, 5) is 32.5. The Hall–Kier alpha value is -3.05. The Morgan fingerprint density at radius 2 is 2.03 bits per heavy atom. The molecule has 0 bridgehead atoms. The highest BCUT2D eigenvalue weighted by molar-refractivity contribution is 7.17. The number of ether oxygens (including phenoxy) is 1. The van der Waals surface area contributed by atoms with E-state index in [1.807, 2.05) is 0 Å². The molecule has 2 atom stereocenters. The van der Waals surface area contributed by atoms with Crippen LogP contribution in [0.5, 0.6) is 0 Å². The van der Waals surface area contributed by atoms with E-state index in [2.05, 4.69) is 9.97 Å². The Morgan fingerprint density at radius 1 is 1.19 bits per heavy atom. The number of carbonyl (C=O) groups is 2. The summed E-state index contributed by atoms with van der Waals surface area (Å²) in [5, 5.41) is -0.626. The van der Waals surface area contributed by atoms with E-state index in [9.17, 15) is 22.8 Å². The van der Waals surface area contributed by atoms with Crippen molar-refractivity contribution in [1.29, 1.82) is 0 Å². The van der Waals surface area contributed by atoms with Crippen molar-refractivity contribution < 1.29 is 31.9 Å². The minimum absolute atomic E-state index is 0.0494. The maximum atomic E-state index is 13.7. The number of aromatic nitrogens is 2. The number of rotatable bonds is 5. The number of Topliss-reactive ketones (excluding diaryl/α,β-unsaturated/α-hetero) is 1. The van der Waals surface area contributed by atoms with Crippen LogP contribution in [0.2, 0.25) is 0 Å². The highest BCUT2D eigenvalue weighted by Crippen LogP contribution is 2.37. The lowest BCUT2D eigenvalue weighted by atomic mass is 9.90. The monoisotopic (exact) mass is 451 g/mol. The van der Waals surface area contributed by atoms with E-state index < -0.39 is 29.4 Å². The van der Waals surface area contributed by atoms with Crippen LogP contribution < -0.4 is 4.90 Å². The van der Waals surface area contributed by atoms with Crippen LogP contribution in [0.4, 0.5) is 18.3 Å². The Bertz CT molecular complexity index is 1050. The fourth-order valence-electron chi connectivity index (χ4n) is 3.32. The molecule has 4 heterocycles. The highest BCUT2D eigenvalue weighted by atomic mass is 32.1. The third-order valence-electron chi connectivity index (χ3n) is 4.81. The predicted molar refractivity (Wildman–Crippen MR) is 104 cm³/mol. The van der Waals surface area contributed by atoms with Gasteiger partial charge in [-0.2, -0.15) is 4.90 Å². The van der Waals surface area contributed by atoms with Gasteiger partial charge in [0.25, 0.3) is 5.91 Å². The summed E-state index contributed by atoms with van der Waals surface area (Å²) in [7, 11) is 0. The molecule has 0 N–H and O–H groups in total. The zero-order chi connectivity index (χ0) is 22.0. The van der Waals surface area contributed by atoms with Gasteiger partial charge in [0.1, 0.15) is 11.9 Å². The molecule has 7 nitrogen and oxygen atoms in total. The first-order valence-corrected chi connectivity index (χ1v) is 10.1. The van der Waals surface area contributed by atoms with E-state index in [1.165, 1.54) is 24.6 Å². The van der Waals surface area contributed by atoms with Crippen molar-refractivity contribution in [2.24, 2.45) is 5.92 Å². The Kier molecular flexibility index (Phi) is 5.88. The van der Waals surface area contributed by atoms with Gasteiger partial charge >= 0.3 is 6.30 Å². The second-order valence-electron chi connectivity index (χ2n) is 6.82. The van der Waals surface area contributed by atoms with E-state index in [4.69, 9.17) is 9.15 Å². The van der Waals surface area contributed by atoms with Gasteiger partial charge in [0.2, 0.25) is 0 Å². The van der Waals surface area contributed by atoms with Crippen molar-refractivity contribution in [1.82, 2.24) is 9.97 Å². The number of furan rings is 1. The van der Waals surface area contributed by atoms with Gasteiger partial charge in [-0.3, -0.25) is 14.6 Å². The molecule has 0 aromatic carbocycles. The smallest absolute Gasteiger partial charge is 0.467 e. The molecule has 11 heteroatoms. The van der Waals surface area contributed by atoms with Gasteiger partial charge in [-0.25, -0.2) is 4.98 Å². The van der Waals surface area contributed by atoms with Gasteiger partial charge < -0.3 is 9.15 Å². The van der Waals surface area contributed by atoms with Crippen molar-refractivity contribution in [3.05, 3.63) is 65.3 Å². The van der Waals surface area contributed by atoms with Gasteiger partial charge in [0.05, 0.1) is 22.9 Å². The van der Waals surface area contributed by atoms with Crippen molar-refractivity contribution in [3.8, 4) is 0 Å². The molecule has 1 fully saturated rings. The van der Waals surface area contributed by atoms with Crippen LogP contribution >= 0.6 is 11.3 Å². The van der Waals surface area contributed by atoms with Crippen LogP contribution in [0.3, 0.4) is 0 Å². The molecule has 0 saturated carbocycles. The molecule has 162 valence electrons. The largest absolute Gasteiger partial charge is 0.493 e. The Morgan fingerprint density at radius 3 is 2.71 bits per heavy atom. The van der Waals surface area contributed by atoms with Crippen LogP contribution in [0.1, 0.15) is 44.7 Å². The number of anilines is 1. The van der Waals surface area contributed by atoms with Gasteiger partial charge in [0.15, 0.2) is 10.9 Å². The lowest BCUT2D eigenvalue weighted by Crippen LogP contribution is -2.43. The number of pyridine rings is 1. The van der Waals surface area contributed by atoms with E-state index in [0.717, 1.165) is 12.4 Å². The fourth-order valence-corrected chi connectivity index (χ4v) is 4.27. The maximum Gasteiger partial charge on any atom is 0.493 e. The number of amides is 1. The Balaban J connectivity index is 1.55. The molecular formula is C20H16F3N3O4S. The van der Waals surface area contributed by atoms with E-state index in [0.29, 0.717) is 36.5 Å². The standard InChI is InChI=1S/C20H16F3N3O4S/c21-20(22,23)26(18(28)13-3-1-6-24-10-13)19-25-11-16(31-19)17(27)12-5-8-30-15(9-12)14-4-2-7-29-14/h1-4,6-7,10-12,15H,5,8-9H2. The lowest BCUT2D eigenvalue weighted by Gasteiger charge is -2.27. The SMILES string of the molecule is O=C(c1cnc(N(C(=O)c2cccnc2)C(F)(F)F)s1)C1CCOC(c2ccco2)C1. The lowest BCUT2D eigenvalue weighted by molar-refractivity contribution is -0.122. The zero-order valence-electron chi connectivity index (χ0n) is 15.9. The van der Waals surface area contributed by atoms with Crippen molar-refractivity contribution in [2.75, 3.05) is 11.5 Å². The molecule has 4 rings (SSSR count). The van der Waals surface area contributed by atoms with Crippen LogP contribution in [0, 0.1) is 5.92 Å². The average Bonchev–Trinajstić information content (AvgIpc) is 3.46. The molecule has 1 aliphatic rings. The summed E-state index contributed by atoms with van der Waals surface area (Å²) in [5.41, 5.74) is -0.242. The van der Waals surface area contributed by atoms with E-state index in [1.54, 1.807) is 12.1 Å². The number of thiazole rings is 1. The fraction of sp³-hybridized carbons (Fsp3) is 0.300. The molecular weight excluding hydrogens is 435 g/mol. The summed E-state index contributed by atoms with van der Waals surface area (Å²) in [6.45, 7) is 0.321. The summed E-state index contributed by atoms with van der Waals surface area (Å²) >= 11 is 0.531. The van der Waals surface area contributed by atoms with E-state index in [-0.39, 0.29) is 21.1 Å². The number of nitrogens with zero attached hydrogens (tertiary/aromatic N) is 3. The maximum absolute atomic E-state index is 13.7. The molecule has 0 aliphatic carbocycles. The van der Waals surface area contributed by atoms with Crippen LogP contribution in [-0.2, 0) is 4.74 Å². The average molecular weight is 451 g/mol. The molecule has 0 radical (unpaired) electrons. The number of ketones is 1. The van der Waals surface area contributed by atoms with Crippen LogP contribution in [0.15, 0.2) is 53.5 Å². The summed E-state index contributed by atoms with van der Waals surface area (Å²) < 4.78 is 51.9. The predicted octanol–water partition coefficient (Wildman–Crippen LogP) is 4.65. The van der Waals surface area contributed by atoms with Gasteiger partial charge in [0, 0.05) is 24.9 Å². The molecule has 3 aromatic rings. The van der Waals surface area contributed by atoms with Crippen LogP contribution in [0.25, 0.3) is 0 Å². The second kappa shape index (κ2) is 8.60. The number of carbonyl (C=O) groups excluding carboxylic acids is 2. The quantitative estimate of drug-likeness (QED) is 0.415. The van der Waals surface area contributed by atoms with Gasteiger partial charge in [-0.15, -0.1) is 13.2 Å². The number of hydrogen-bond acceptors (Lipinski definition) is 7. The minimum Gasteiger partial charge on any atom is -0.467 e. The summed E-state index contributed by atoms with van der Waals surface area (Å²) in [5.74, 6) is -1.52. The number of alkyl halides is 3. The third kappa shape index (κ3) is 4.52. The molecule has 31 heavy (non-hydrogen) atoms. The Labute approximate surface area is 178 Å². The summed E-state index contributed by atoms with van der Waals surface area (Å²) in [6, 6.07) is 6.04. The number of hydrogen-bond donors (Lipinski definition) is 0. The molecule has 1 saturated heterocycles. The first kappa shape index (κ1) is 21.2. The first-order chi connectivity index (χ1) is 14.8. The van der Waals surface area contributed by atoms with Gasteiger partial charge in [-0.1, -0.05) is 11.3 Å². The molecule has 2 unspecified atom stereocenters. The zero-order valence-corrected chi connectivity index (χ0v) is 16.7. The highest BCUT2D eigenvalue weighted by Gasteiger charge is 2.45. The number of halogens is 3.